The number of benzene rings is 2. The summed E-state index contributed by atoms with van der Waals surface area (Å²) in [7, 11) is -2.42. The molecular weight excluding hydrogens is 350 g/mol. The molecule has 3 rings (SSSR count). The molecule has 0 saturated carbocycles. The standard InChI is InChI=1S/C19H19N3O3S/c1-14-5-3-7-16(11-14)21-19(23)13-22(2)26(24,25)18-8-4-6-15-12-20-10-9-17(15)18/h3-12H,13H2,1-2H3,(H,21,23). The first-order valence-corrected chi connectivity index (χ1v) is 9.47. The highest BCUT2D eigenvalue weighted by molar-refractivity contribution is 7.89. The highest BCUT2D eigenvalue weighted by Crippen LogP contribution is 2.24. The third-order valence-electron chi connectivity index (χ3n) is 4.00. The Morgan fingerprint density at radius 2 is 1.92 bits per heavy atom. The van der Waals surface area contributed by atoms with Crippen molar-refractivity contribution in [1.82, 2.24) is 9.29 Å². The molecule has 0 aliphatic carbocycles. The van der Waals surface area contributed by atoms with Crippen LogP contribution in [0.4, 0.5) is 5.69 Å². The number of amides is 1. The summed E-state index contributed by atoms with van der Waals surface area (Å²) < 4.78 is 26.9. The van der Waals surface area contributed by atoms with E-state index in [0.717, 1.165) is 15.3 Å². The molecule has 3 aromatic rings. The van der Waals surface area contributed by atoms with E-state index in [0.29, 0.717) is 11.1 Å². The number of hydrogen-bond donors (Lipinski definition) is 1. The van der Waals surface area contributed by atoms with Crippen LogP contribution < -0.4 is 5.32 Å². The monoisotopic (exact) mass is 369 g/mol. The summed E-state index contributed by atoms with van der Waals surface area (Å²) in [6.45, 7) is 1.64. The van der Waals surface area contributed by atoms with Crippen LogP contribution in [0.3, 0.4) is 0 Å². The lowest BCUT2D eigenvalue weighted by Gasteiger charge is -2.18. The summed E-state index contributed by atoms with van der Waals surface area (Å²) in [6.07, 6.45) is 3.16. The third kappa shape index (κ3) is 3.74. The molecule has 0 spiro atoms. The Bertz CT molecular complexity index is 1060. The number of rotatable bonds is 5. The van der Waals surface area contributed by atoms with Gasteiger partial charge in [-0.1, -0.05) is 24.3 Å². The Labute approximate surface area is 152 Å². The minimum absolute atomic E-state index is 0.156. The van der Waals surface area contributed by atoms with E-state index in [-0.39, 0.29) is 11.4 Å². The molecular formula is C19H19N3O3S. The van der Waals surface area contributed by atoms with E-state index in [2.05, 4.69) is 10.3 Å². The molecule has 0 bridgehead atoms. The van der Waals surface area contributed by atoms with Crippen molar-refractivity contribution in [3.05, 3.63) is 66.5 Å². The second-order valence-corrected chi connectivity index (χ2v) is 8.05. The molecule has 1 N–H and O–H groups in total. The Balaban J connectivity index is 1.81. The van der Waals surface area contributed by atoms with Crippen molar-refractivity contribution in [2.75, 3.05) is 18.9 Å². The van der Waals surface area contributed by atoms with Crippen molar-refractivity contribution in [2.24, 2.45) is 0 Å². The first-order valence-electron chi connectivity index (χ1n) is 8.03. The molecule has 1 aromatic heterocycles. The summed E-state index contributed by atoms with van der Waals surface area (Å²) >= 11 is 0. The molecule has 1 amide bonds. The normalized spacial score (nSPS) is 11.7. The Morgan fingerprint density at radius 1 is 1.15 bits per heavy atom. The minimum Gasteiger partial charge on any atom is -0.325 e. The smallest absolute Gasteiger partial charge is 0.243 e. The average molecular weight is 369 g/mol. The van der Waals surface area contributed by atoms with E-state index in [1.807, 2.05) is 25.1 Å². The Hall–Kier alpha value is -2.77. The summed E-state index contributed by atoms with van der Waals surface area (Å²) in [5.41, 5.74) is 1.64. The first-order chi connectivity index (χ1) is 12.4. The number of carbonyl (C=O) groups is 1. The SMILES string of the molecule is Cc1cccc(NC(=O)CN(C)S(=O)(=O)c2cccc3cnccc23)c1. The van der Waals surface area contributed by atoms with Gasteiger partial charge in [-0.05, 0) is 36.8 Å². The topological polar surface area (TPSA) is 79.4 Å². The van der Waals surface area contributed by atoms with Crippen LogP contribution in [-0.4, -0.2) is 37.2 Å². The summed E-state index contributed by atoms with van der Waals surface area (Å²) in [5.74, 6) is -0.399. The Morgan fingerprint density at radius 3 is 2.69 bits per heavy atom. The number of aromatic nitrogens is 1. The molecule has 0 radical (unpaired) electrons. The molecule has 0 saturated heterocycles. The van der Waals surface area contributed by atoms with Gasteiger partial charge in [0.15, 0.2) is 0 Å². The van der Waals surface area contributed by atoms with Gasteiger partial charge in [-0.2, -0.15) is 4.31 Å². The van der Waals surface area contributed by atoms with Crippen LogP contribution in [0.2, 0.25) is 0 Å². The van der Waals surface area contributed by atoms with Crippen molar-refractivity contribution < 1.29 is 13.2 Å². The van der Waals surface area contributed by atoms with Crippen molar-refractivity contribution in [2.45, 2.75) is 11.8 Å². The highest BCUT2D eigenvalue weighted by Gasteiger charge is 2.24. The van der Waals surface area contributed by atoms with Gasteiger partial charge in [-0.3, -0.25) is 9.78 Å². The van der Waals surface area contributed by atoms with Gasteiger partial charge in [0, 0.05) is 35.9 Å². The quantitative estimate of drug-likeness (QED) is 0.750. The summed E-state index contributed by atoms with van der Waals surface area (Å²) in [4.78, 5) is 16.4. The van der Waals surface area contributed by atoms with Crippen LogP contribution in [0, 0.1) is 6.92 Å². The molecule has 0 aliphatic heterocycles. The number of fused-ring (bicyclic) bond motifs is 1. The zero-order valence-corrected chi connectivity index (χ0v) is 15.3. The number of hydrogen-bond acceptors (Lipinski definition) is 4. The molecule has 7 heteroatoms. The molecule has 0 atom stereocenters. The fourth-order valence-corrected chi connectivity index (χ4v) is 4.03. The molecule has 0 aliphatic rings. The van der Waals surface area contributed by atoms with E-state index in [9.17, 15) is 13.2 Å². The van der Waals surface area contributed by atoms with Crippen LogP contribution in [0.5, 0.6) is 0 Å². The number of pyridine rings is 1. The lowest BCUT2D eigenvalue weighted by molar-refractivity contribution is -0.116. The van der Waals surface area contributed by atoms with Gasteiger partial charge in [0.2, 0.25) is 15.9 Å². The lowest BCUT2D eigenvalue weighted by atomic mass is 10.2. The van der Waals surface area contributed by atoms with Crippen molar-refractivity contribution in [1.29, 1.82) is 0 Å². The zero-order valence-electron chi connectivity index (χ0n) is 14.5. The summed E-state index contributed by atoms with van der Waals surface area (Å²) in [5, 5.41) is 4.02. The fourth-order valence-electron chi connectivity index (χ4n) is 2.70. The lowest BCUT2D eigenvalue weighted by Crippen LogP contribution is -2.35. The number of nitrogens with one attached hydrogen (secondary N) is 1. The number of nitrogens with zero attached hydrogens (tertiary/aromatic N) is 2. The number of anilines is 1. The average Bonchev–Trinajstić information content (AvgIpc) is 2.61. The van der Waals surface area contributed by atoms with Gasteiger partial charge in [0.25, 0.3) is 0 Å². The molecule has 0 unspecified atom stereocenters. The fraction of sp³-hybridized carbons (Fsp3) is 0.158. The van der Waals surface area contributed by atoms with Crippen LogP contribution in [0.1, 0.15) is 5.56 Å². The summed E-state index contributed by atoms with van der Waals surface area (Å²) in [6, 6.07) is 14.0. The maximum absolute atomic E-state index is 12.9. The predicted molar refractivity (Wildman–Crippen MR) is 101 cm³/mol. The maximum atomic E-state index is 12.9. The second-order valence-electron chi connectivity index (χ2n) is 6.03. The van der Waals surface area contributed by atoms with Crippen LogP contribution in [0.25, 0.3) is 10.8 Å². The number of likely N-dealkylation sites (N-methyl/N-ethyl adjacent to an activating group) is 1. The Kier molecular flexibility index (Phi) is 5.01. The van der Waals surface area contributed by atoms with Gasteiger partial charge in [0.05, 0.1) is 11.4 Å². The van der Waals surface area contributed by atoms with Gasteiger partial charge < -0.3 is 5.32 Å². The largest absolute Gasteiger partial charge is 0.325 e. The van der Waals surface area contributed by atoms with E-state index < -0.39 is 15.9 Å². The molecule has 26 heavy (non-hydrogen) atoms. The molecule has 1 heterocycles. The third-order valence-corrected chi connectivity index (χ3v) is 5.86. The van der Waals surface area contributed by atoms with Gasteiger partial charge in [-0.15, -0.1) is 0 Å². The van der Waals surface area contributed by atoms with E-state index in [4.69, 9.17) is 0 Å². The molecule has 134 valence electrons. The minimum atomic E-state index is -3.82. The van der Waals surface area contributed by atoms with Crippen LogP contribution in [-0.2, 0) is 14.8 Å². The maximum Gasteiger partial charge on any atom is 0.243 e. The van der Waals surface area contributed by atoms with Crippen LogP contribution >= 0.6 is 0 Å². The molecule has 6 nitrogen and oxygen atoms in total. The zero-order chi connectivity index (χ0) is 18.7. The predicted octanol–water partition coefficient (Wildman–Crippen LogP) is 2.80. The number of aryl methyl sites for hydroxylation is 1. The van der Waals surface area contributed by atoms with E-state index in [1.54, 1.807) is 36.7 Å². The van der Waals surface area contributed by atoms with Gasteiger partial charge >= 0.3 is 0 Å². The first kappa shape index (κ1) is 18.0. The van der Waals surface area contributed by atoms with E-state index in [1.165, 1.54) is 13.1 Å². The van der Waals surface area contributed by atoms with Crippen molar-refractivity contribution in [3.8, 4) is 0 Å². The molecule has 0 fully saturated rings. The molecule has 2 aromatic carbocycles. The van der Waals surface area contributed by atoms with Crippen LogP contribution in [0.15, 0.2) is 65.8 Å². The number of sulfonamides is 1. The second kappa shape index (κ2) is 7.23. The van der Waals surface area contributed by atoms with Gasteiger partial charge in [-0.25, -0.2) is 8.42 Å². The highest BCUT2D eigenvalue weighted by atomic mass is 32.2. The van der Waals surface area contributed by atoms with Gasteiger partial charge in [0.1, 0.15) is 0 Å². The van der Waals surface area contributed by atoms with Crippen molar-refractivity contribution >= 4 is 32.4 Å². The van der Waals surface area contributed by atoms with E-state index >= 15 is 0 Å². The number of carbonyl (C=O) groups excluding carboxylic acids is 1. The van der Waals surface area contributed by atoms with Crippen molar-refractivity contribution in [3.63, 3.8) is 0 Å².